The van der Waals surface area contributed by atoms with Crippen LogP contribution >= 0.6 is 0 Å². The standard InChI is InChI=1S/C18H27NO/c1-13(19-16-6-9-18(2,3)10-7-16)14-4-5-17-15(12-14)8-11-20-17/h4-5,12-13,16,19H,6-11H2,1-3H3. The molecular formula is C18H27NO. The smallest absolute Gasteiger partial charge is 0.122 e. The van der Waals surface area contributed by atoms with Gasteiger partial charge >= 0.3 is 0 Å². The quantitative estimate of drug-likeness (QED) is 0.889. The Morgan fingerprint density at radius 1 is 1.25 bits per heavy atom. The molecule has 0 saturated heterocycles. The summed E-state index contributed by atoms with van der Waals surface area (Å²) in [6.45, 7) is 7.93. The second-order valence-corrected chi connectivity index (χ2v) is 7.29. The van der Waals surface area contributed by atoms with Gasteiger partial charge in [-0.05, 0) is 55.2 Å². The third kappa shape index (κ3) is 3.01. The van der Waals surface area contributed by atoms with E-state index in [-0.39, 0.29) is 0 Å². The maximum absolute atomic E-state index is 5.59. The molecule has 1 unspecified atom stereocenters. The number of fused-ring (bicyclic) bond motifs is 1. The van der Waals surface area contributed by atoms with Crippen LogP contribution in [-0.2, 0) is 6.42 Å². The molecule has 1 heterocycles. The zero-order valence-corrected chi connectivity index (χ0v) is 13.0. The highest BCUT2D eigenvalue weighted by molar-refractivity contribution is 5.40. The molecule has 110 valence electrons. The molecule has 1 N–H and O–H groups in total. The van der Waals surface area contributed by atoms with Crippen molar-refractivity contribution in [3.8, 4) is 5.75 Å². The highest BCUT2D eigenvalue weighted by Crippen LogP contribution is 2.36. The Bertz CT molecular complexity index is 470. The summed E-state index contributed by atoms with van der Waals surface area (Å²) in [5.74, 6) is 1.08. The molecule has 1 aromatic rings. The van der Waals surface area contributed by atoms with Crippen LogP contribution in [0.1, 0.15) is 63.6 Å². The van der Waals surface area contributed by atoms with E-state index < -0.39 is 0 Å². The number of hydrogen-bond acceptors (Lipinski definition) is 2. The monoisotopic (exact) mass is 273 g/mol. The first-order chi connectivity index (χ1) is 9.53. The molecule has 0 spiro atoms. The summed E-state index contributed by atoms with van der Waals surface area (Å²) < 4.78 is 5.59. The van der Waals surface area contributed by atoms with E-state index >= 15 is 0 Å². The van der Waals surface area contributed by atoms with E-state index in [0.29, 0.717) is 17.5 Å². The molecule has 0 amide bonds. The maximum atomic E-state index is 5.59. The lowest BCUT2D eigenvalue weighted by Crippen LogP contribution is -2.37. The first-order valence-corrected chi connectivity index (χ1v) is 8.05. The molecule has 2 aliphatic rings. The van der Waals surface area contributed by atoms with E-state index in [2.05, 4.69) is 44.3 Å². The molecule has 20 heavy (non-hydrogen) atoms. The van der Waals surface area contributed by atoms with Crippen LogP contribution in [-0.4, -0.2) is 12.6 Å². The number of ether oxygens (including phenoxy) is 1. The first-order valence-electron chi connectivity index (χ1n) is 8.05. The van der Waals surface area contributed by atoms with Crippen molar-refractivity contribution < 1.29 is 4.74 Å². The number of rotatable bonds is 3. The minimum Gasteiger partial charge on any atom is -0.493 e. The van der Waals surface area contributed by atoms with E-state index in [1.54, 1.807) is 0 Å². The topological polar surface area (TPSA) is 21.3 Å². The summed E-state index contributed by atoms with van der Waals surface area (Å²) in [4.78, 5) is 0. The van der Waals surface area contributed by atoms with Crippen LogP contribution in [0.5, 0.6) is 5.75 Å². The van der Waals surface area contributed by atoms with Crippen molar-refractivity contribution in [3.05, 3.63) is 29.3 Å². The van der Waals surface area contributed by atoms with Gasteiger partial charge in [0.25, 0.3) is 0 Å². The summed E-state index contributed by atoms with van der Waals surface area (Å²) in [5, 5.41) is 3.82. The fraction of sp³-hybridized carbons (Fsp3) is 0.667. The van der Waals surface area contributed by atoms with Gasteiger partial charge < -0.3 is 10.1 Å². The second-order valence-electron chi connectivity index (χ2n) is 7.29. The van der Waals surface area contributed by atoms with Gasteiger partial charge in [-0.15, -0.1) is 0 Å². The van der Waals surface area contributed by atoms with Crippen LogP contribution in [0.15, 0.2) is 18.2 Å². The first kappa shape index (κ1) is 13.9. The SMILES string of the molecule is CC(NC1CCC(C)(C)CC1)c1ccc2c(c1)CCO2. The van der Waals surface area contributed by atoms with Crippen LogP contribution < -0.4 is 10.1 Å². The minimum absolute atomic E-state index is 0.437. The Kier molecular flexibility index (Phi) is 3.76. The van der Waals surface area contributed by atoms with Crippen LogP contribution in [0.2, 0.25) is 0 Å². The third-order valence-corrected chi connectivity index (χ3v) is 5.04. The average molecular weight is 273 g/mol. The summed E-state index contributed by atoms with van der Waals surface area (Å²) in [5.41, 5.74) is 3.33. The summed E-state index contributed by atoms with van der Waals surface area (Å²) in [6.07, 6.45) is 6.37. The Morgan fingerprint density at radius 3 is 2.75 bits per heavy atom. The van der Waals surface area contributed by atoms with Gasteiger partial charge in [0.2, 0.25) is 0 Å². The van der Waals surface area contributed by atoms with Gasteiger partial charge in [-0.3, -0.25) is 0 Å². The molecule has 0 radical (unpaired) electrons. The third-order valence-electron chi connectivity index (χ3n) is 5.04. The van der Waals surface area contributed by atoms with E-state index in [1.165, 1.54) is 36.8 Å². The number of nitrogens with one attached hydrogen (secondary N) is 1. The van der Waals surface area contributed by atoms with Crippen LogP contribution in [0.3, 0.4) is 0 Å². The molecular weight excluding hydrogens is 246 g/mol. The molecule has 2 nitrogen and oxygen atoms in total. The van der Waals surface area contributed by atoms with Gasteiger partial charge in [0.05, 0.1) is 6.61 Å². The molecule has 3 rings (SSSR count). The molecule has 0 aromatic heterocycles. The zero-order chi connectivity index (χ0) is 14.2. The van der Waals surface area contributed by atoms with Crippen molar-refractivity contribution in [1.29, 1.82) is 0 Å². The van der Waals surface area contributed by atoms with Gasteiger partial charge in [-0.25, -0.2) is 0 Å². The molecule has 2 heteroatoms. The van der Waals surface area contributed by atoms with E-state index in [9.17, 15) is 0 Å². The predicted molar refractivity (Wildman–Crippen MR) is 83.2 cm³/mol. The maximum Gasteiger partial charge on any atom is 0.122 e. The number of hydrogen-bond donors (Lipinski definition) is 1. The zero-order valence-electron chi connectivity index (χ0n) is 13.0. The molecule has 1 saturated carbocycles. The van der Waals surface area contributed by atoms with Crippen molar-refractivity contribution in [2.75, 3.05) is 6.61 Å². The van der Waals surface area contributed by atoms with Gasteiger partial charge in [0.1, 0.15) is 5.75 Å². The molecule has 1 fully saturated rings. The summed E-state index contributed by atoms with van der Waals surface area (Å²) in [6, 6.07) is 7.80. The van der Waals surface area contributed by atoms with Gasteiger partial charge in [0, 0.05) is 18.5 Å². The molecule has 1 aliphatic heterocycles. The van der Waals surface area contributed by atoms with Crippen LogP contribution in [0.4, 0.5) is 0 Å². The van der Waals surface area contributed by atoms with Gasteiger partial charge in [0.15, 0.2) is 0 Å². The highest BCUT2D eigenvalue weighted by atomic mass is 16.5. The summed E-state index contributed by atoms with van der Waals surface area (Å²) in [7, 11) is 0. The second kappa shape index (κ2) is 5.40. The van der Waals surface area contributed by atoms with Crippen LogP contribution in [0, 0.1) is 5.41 Å². The molecule has 0 bridgehead atoms. The van der Waals surface area contributed by atoms with Gasteiger partial charge in [-0.1, -0.05) is 26.0 Å². The van der Waals surface area contributed by atoms with Crippen molar-refractivity contribution in [3.63, 3.8) is 0 Å². The molecule has 1 atom stereocenters. The molecule has 1 aliphatic carbocycles. The fourth-order valence-electron chi connectivity index (χ4n) is 3.49. The predicted octanol–water partition coefficient (Wildman–Crippen LogP) is 4.24. The highest BCUT2D eigenvalue weighted by Gasteiger charge is 2.27. The lowest BCUT2D eigenvalue weighted by Gasteiger charge is -2.36. The van der Waals surface area contributed by atoms with Crippen molar-refractivity contribution in [1.82, 2.24) is 5.32 Å². The number of benzene rings is 1. The van der Waals surface area contributed by atoms with Crippen molar-refractivity contribution >= 4 is 0 Å². The lowest BCUT2D eigenvalue weighted by molar-refractivity contribution is 0.200. The van der Waals surface area contributed by atoms with E-state index in [1.807, 2.05) is 0 Å². The van der Waals surface area contributed by atoms with E-state index in [4.69, 9.17) is 4.74 Å². The van der Waals surface area contributed by atoms with Crippen molar-refractivity contribution in [2.45, 2.75) is 65.0 Å². The van der Waals surface area contributed by atoms with Crippen molar-refractivity contribution in [2.24, 2.45) is 5.41 Å². The largest absolute Gasteiger partial charge is 0.493 e. The Labute approximate surface area is 122 Å². The fourth-order valence-corrected chi connectivity index (χ4v) is 3.49. The normalized spacial score (nSPS) is 23.1. The lowest BCUT2D eigenvalue weighted by atomic mass is 9.75. The van der Waals surface area contributed by atoms with E-state index in [0.717, 1.165) is 18.8 Å². The Balaban J connectivity index is 1.61. The van der Waals surface area contributed by atoms with Crippen LogP contribution in [0.25, 0.3) is 0 Å². The minimum atomic E-state index is 0.437. The average Bonchev–Trinajstić information content (AvgIpc) is 2.88. The summed E-state index contributed by atoms with van der Waals surface area (Å²) >= 11 is 0. The Morgan fingerprint density at radius 2 is 2.00 bits per heavy atom. The molecule has 1 aromatic carbocycles. The van der Waals surface area contributed by atoms with Gasteiger partial charge in [-0.2, -0.15) is 0 Å². The Hall–Kier alpha value is -1.02.